The first-order chi connectivity index (χ1) is 21.6. The van der Waals surface area contributed by atoms with Crippen LogP contribution in [0.5, 0.6) is 0 Å². The summed E-state index contributed by atoms with van der Waals surface area (Å²) in [6.45, 7) is 4.54. The van der Waals surface area contributed by atoms with Gasteiger partial charge in [-0.15, -0.1) is 0 Å². The Morgan fingerprint density at radius 1 is 0.500 bits per heavy atom. The van der Waals surface area contributed by atoms with Crippen LogP contribution in [-0.4, -0.2) is 17.0 Å². The molecule has 4 nitrogen and oxygen atoms in total. The maximum Gasteiger partial charge on any atom is 0.311 e. The van der Waals surface area contributed by atoms with Crippen LogP contribution in [-0.2, 0) is 14.3 Å². The summed E-state index contributed by atoms with van der Waals surface area (Å²) < 4.78 is 5.16. The molecule has 258 valence electrons. The molecule has 1 atom stereocenters. The van der Waals surface area contributed by atoms with Gasteiger partial charge in [0.25, 0.3) is 0 Å². The molecule has 0 aliphatic heterocycles. The van der Waals surface area contributed by atoms with E-state index in [4.69, 9.17) is 4.74 Å². The average molecular weight is 619 g/mol. The van der Waals surface area contributed by atoms with Crippen molar-refractivity contribution in [3.05, 3.63) is 24.5 Å². The van der Waals surface area contributed by atoms with Gasteiger partial charge in [0.2, 0.25) is 0 Å². The number of rotatable bonds is 35. The molecule has 0 saturated carbocycles. The molecule has 0 amide bonds. The number of hydrogen-bond donors (Lipinski definition) is 1. The van der Waals surface area contributed by atoms with Gasteiger partial charge in [0.05, 0.1) is 18.6 Å². The quantitative estimate of drug-likeness (QED) is 0.0332. The Bertz CT molecular complexity index is 668. The highest BCUT2D eigenvalue weighted by Crippen LogP contribution is 2.16. The van der Waals surface area contributed by atoms with Crippen molar-refractivity contribution >= 4 is 11.9 Å². The van der Waals surface area contributed by atoms with E-state index in [9.17, 15) is 14.7 Å². The minimum absolute atomic E-state index is 0.117. The van der Waals surface area contributed by atoms with Crippen LogP contribution in [0.2, 0.25) is 0 Å². The van der Waals surface area contributed by atoms with Crippen molar-refractivity contribution in [3.63, 3.8) is 0 Å². The van der Waals surface area contributed by atoms with Crippen molar-refractivity contribution in [3.8, 4) is 0 Å². The van der Waals surface area contributed by atoms with Crippen LogP contribution in [0.15, 0.2) is 24.5 Å². The fourth-order valence-electron chi connectivity index (χ4n) is 5.83. The predicted molar refractivity (Wildman–Crippen MR) is 190 cm³/mol. The molecule has 0 saturated heterocycles. The molecule has 1 N–H and O–H groups in total. The molecule has 0 aromatic rings. The van der Waals surface area contributed by atoms with Gasteiger partial charge in [-0.1, -0.05) is 193 Å². The highest BCUT2D eigenvalue weighted by Gasteiger charge is 2.18. The summed E-state index contributed by atoms with van der Waals surface area (Å²) in [5.41, 5.74) is 0. The standard InChI is InChI=1S/C40H74O4/c1-3-5-7-9-11-13-15-17-19-21-23-25-27-29-31-33-35-38(40(42)43)37-39(41)44-36-34-32-30-28-26-24-22-20-18-16-14-12-10-8-6-4-2/h33-36,38H,3-32,37H2,1-2H3,(H,42,43). The van der Waals surface area contributed by atoms with Gasteiger partial charge >= 0.3 is 11.9 Å². The summed E-state index contributed by atoms with van der Waals surface area (Å²) in [5, 5.41) is 9.49. The summed E-state index contributed by atoms with van der Waals surface area (Å²) in [6.07, 6.45) is 46.0. The van der Waals surface area contributed by atoms with Gasteiger partial charge in [0, 0.05) is 0 Å². The summed E-state index contributed by atoms with van der Waals surface area (Å²) in [6, 6.07) is 0. The van der Waals surface area contributed by atoms with Crippen LogP contribution in [0.4, 0.5) is 0 Å². The fourth-order valence-corrected chi connectivity index (χ4v) is 5.83. The minimum Gasteiger partial charge on any atom is -0.481 e. The largest absolute Gasteiger partial charge is 0.481 e. The van der Waals surface area contributed by atoms with Crippen LogP contribution >= 0.6 is 0 Å². The zero-order valence-electron chi connectivity index (χ0n) is 29.5. The molecular weight excluding hydrogens is 544 g/mol. The second kappa shape index (κ2) is 35.9. The second-order valence-electron chi connectivity index (χ2n) is 13.2. The molecule has 0 spiro atoms. The van der Waals surface area contributed by atoms with Gasteiger partial charge in [-0.2, -0.15) is 0 Å². The Hall–Kier alpha value is -1.58. The monoisotopic (exact) mass is 619 g/mol. The van der Waals surface area contributed by atoms with Gasteiger partial charge < -0.3 is 9.84 Å². The molecule has 0 heterocycles. The summed E-state index contributed by atoms with van der Waals surface area (Å²) in [7, 11) is 0. The number of carbonyl (C=O) groups excluding carboxylic acids is 1. The van der Waals surface area contributed by atoms with Crippen molar-refractivity contribution in [2.24, 2.45) is 5.92 Å². The zero-order chi connectivity index (χ0) is 32.2. The van der Waals surface area contributed by atoms with Crippen molar-refractivity contribution < 1.29 is 19.4 Å². The number of carbonyl (C=O) groups is 2. The number of allylic oxidation sites excluding steroid dienone is 2. The second-order valence-corrected chi connectivity index (χ2v) is 13.2. The molecule has 44 heavy (non-hydrogen) atoms. The Morgan fingerprint density at radius 3 is 1.16 bits per heavy atom. The third-order valence-electron chi connectivity index (χ3n) is 8.82. The van der Waals surface area contributed by atoms with Gasteiger partial charge in [-0.3, -0.25) is 9.59 Å². The molecule has 0 aromatic heterocycles. The summed E-state index contributed by atoms with van der Waals surface area (Å²) >= 11 is 0. The Labute approximate surface area is 274 Å². The maximum atomic E-state index is 12.1. The molecule has 0 radical (unpaired) electrons. The Morgan fingerprint density at radius 2 is 0.818 bits per heavy atom. The van der Waals surface area contributed by atoms with Crippen LogP contribution in [0.25, 0.3) is 0 Å². The number of aliphatic carboxylic acids is 1. The highest BCUT2D eigenvalue weighted by atomic mass is 16.5. The lowest BCUT2D eigenvalue weighted by Crippen LogP contribution is -2.16. The molecule has 0 rings (SSSR count). The van der Waals surface area contributed by atoms with E-state index >= 15 is 0 Å². The summed E-state index contributed by atoms with van der Waals surface area (Å²) in [4.78, 5) is 23.7. The van der Waals surface area contributed by atoms with Crippen molar-refractivity contribution in [2.75, 3.05) is 0 Å². The maximum absolute atomic E-state index is 12.1. The lowest BCUT2D eigenvalue weighted by atomic mass is 10.0. The minimum atomic E-state index is -0.967. The molecule has 0 bridgehead atoms. The van der Waals surface area contributed by atoms with E-state index in [0.717, 1.165) is 25.7 Å². The van der Waals surface area contributed by atoms with E-state index in [1.807, 2.05) is 12.2 Å². The van der Waals surface area contributed by atoms with Crippen molar-refractivity contribution in [1.29, 1.82) is 0 Å². The van der Waals surface area contributed by atoms with Gasteiger partial charge in [-0.05, 0) is 31.8 Å². The predicted octanol–water partition coefficient (Wildman–Crippen LogP) is 13.4. The fraction of sp³-hybridized carbons (Fsp3) is 0.850. The van der Waals surface area contributed by atoms with Gasteiger partial charge in [0.15, 0.2) is 0 Å². The van der Waals surface area contributed by atoms with E-state index < -0.39 is 17.9 Å². The van der Waals surface area contributed by atoms with E-state index in [2.05, 4.69) is 13.8 Å². The first kappa shape index (κ1) is 42.4. The molecule has 4 heteroatoms. The van der Waals surface area contributed by atoms with Crippen LogP contribution in [0.3, 0.4) is 0 Å². The topological polar surface area (TPSA) is 63.6 Å². The normalized spacial score (nSPS) is 12.4. The third kappa shape index (κ3) is 33.3. The van der Waals surface area contributed by atoms with Gasteiger partial charge in [0.1, 0.15) is 0 Å². The lowest BCUT2D eigenvalue weighted by Gasteiger charge is -2.06. The number of unbranched alkanes of at least 4 members (excludes halogenated alkanes) is 28. The molecule has 0 aliphatic carbocycles. The molecular formula is C40H74O4. The Kier molecular flexibility index (Phi) is 34.6. The van der Waals surface area contributed by atoms with E-state index in [0.29, 0.717) is 0 Å². The van der Waals surface area contributed by atoms with E-state index in [1.165, 1.54) is 173 Å². The van der Waals surface area contributed by atoms with E-state index in [-0.39, 0.29) is 6.42 Å². The van der Waals surface area contributed by atoms with Crippen LogP contribution < -0.4 is 0 Å². The average Bonchev–Trinajstić information content (AvgIpc) is 3.01. The van der Waals surface area contributed by atoms with Gasteiger partial charge in [-0.25, -0.2) is 0 Å². The van der Waals surface area contributed by atoms with Crippen LogP contribution in [0, 0.1) is 5.92 Å². The molecule has 0 fully saturated rings. The van der Waals surface area contributed by atoms with E-state index in [1.54, 1.807) is 6.08 Å². The third-order valence-corrected chi connectivity index (χ3v) is 8.82. The number of ether oxygens (including phenoxy) is 1. The Balaban J connectivity index is 3.63. The van der Waals surface area contributed by atoms with Crippen molar-refractivity contribution in [1.82, 2.24) is 0 Å². The number of carboxylic acids is 1. The number of esters is 1. The number of carboxylic acid groups (broad SMARTS) is 1. The highest BCUT2D eigenvalue weighted by molar-refractivity contribution is 5.80. The first-order valence-electron chi connectivity index (χ1n) is 19.4. The van der Waals surface area contributed by atoms with Crippen LogP contribution in [0.1, 0.15) is 213 Å². The molecule has 0 aliphatic rings. The molecule has 0 aromatic carbocycles. The SMILES string of the molecule is CCCCCCCCCCCCCCCCC=COC(=O)CC(C=CCCCCCCCCCCCCCCCC)C(=O)O. The summed E-state index contributed by atoms with van der Waals surface area (Å²) in [5.74, 6) is -2.25. The first-order valence-corrected chi connectivity index (χ1v) is 19.4. The number of hydrogen-bond acceptors (Lipinski definition) is 3. The molecule has 1 unspecified atom stereocenters. The smallest absolute Gasteiger partial charge is 0.311 e. The lowest BCUT2D eigenvalue weighted by molar-refractivity contribution is -0.146. The zero-order valence-corrected chi connectivity index (χ0v) is 29.5. The van der Waals surface area contributed by atoms with Crippen molar-refractivity contribution in [2.45, 2.75) is 213 Å².